The van der Waals surface area contributed by atoms with Gasteiger partial charge in [0, 0.05) is 17.4 Å². The molecule has 0 aliphatic rings. The van der Waals surface area contributed by atoms with Crippen molar-refractivity contribution in [2.45, 2.75) is 54.9 Å². The van der Waals surface area contributed by atoms with Crippen molar-refractivity contribution in [1.82, 2.24) is 5.32 Å². The molecule has 1 amide bonds. The second-order valence-electron chi connectivity index (χ2n) is 7.14. The van der Waals surface area contributed by atoms with Crippen LogP contribution in [0.25, 0.3) is 0 Å². The largest absolute Gasteiger partial charge is 0.355 e. The van der Waals surface area contributed by atoms with Crippen molar-refractivity contribution < 1.29 is 9.63 Å². The third-order valence-corrected chi connectivity index (χ3v) is 3.96. The van der Waals surface area contributed by atoms with E-state index in [1.165, 1.54) is 0 Å². The van der Waals surface area contributed by atoms with Crippen LogP contribution in [0.2, 0.25) is 0 Å². The summed E-state index contributed by atoms with van der Waals surface area (Å²) in [7, 11) is 0. The Morgan fingerprint density at radius 2 is 1.79 bits per heavy atom. The summed E-state index contributed by atoms with van der Waals surface area (Å²) in [4.78, 5) is 17.1. The van der Waals surface area contributed by atoms with Crippen molar-refractivity contribution in [1.29, 1.82) is 0 Å². The molecule has 0 aromatic heterocycles. The molecule has 0 heterocycles. The molecular formula is C15H32N2O2. The zero-order chi connectivity index (χ0) is 15.3. The topological polar surface area (TPSA) is 64.3 Å². The molecule has 4 nitrogen and oxygen atoms in total. The molecule has 3 N–H and O–H groups in total. The lowest BCUT2D eigenvalue weighted by Crippen LogP contribution is -2.47. The first-order chi connectivity index (χ1) is 8.58. The van der Waals surface area contributed by atoms with Crippen LogP contribution < -0.4 is 11.2 Å². The molecule has 0 saturated carbocycles. The number of carbonyl (C=O) groups excluding carboxylic acids is 1. The Morgan fingerprint density at radius 1 is 1.26 bits per heavy atom. The van der Waals surface area contributed by atoms with E-state index in [1.54, 1.807) is 0 Å². The van der Waals surface area contributed by atoms with Gasteiger partial charge in [0.1, 0.15) is 0 Å². The first-order valence-electron chi connectivity index (χ1n) is 7.18. The summed E-state index contributed by atoms with van der Waals surface area (Å²) in [6.45, 7) is 15.6. The Balaban J connectivity index is 4.64. The van der Waals surface area contributed by atoms with E-state index < -0.39 is 0 Å². The highest BCUT2D eigenvalue weighted by atomic mass is 16.6. The zero-order valence-electron chi connectivity index (χ0n) is 13.7. The molecule has 1 atom stereocenters. The number of nitrogens with two attached hydrogens (primary N) is 1. The molecule has 0 aliphatic carbocycles. The molecule has 0 aromatic carbocycles. The first kappa shape index (κ1) is 18.4. The maximum atomic E-state index is 12.4. The lowest BCUT2D eigenvalue weighted by molar-refractivity contribution is -0.134. The van der Waals surface area contributed by atoms with E-state index >= 15 is 0 Å². The van der Waals surface area contributed by atoms with E-state index in [0.29, 0.717) is 25.0 Å². The van der Waals surface area contributed by atoms with Crippen molar-refractivity contribution in [3.8, 4) is 0 Å². The van der Waals surface area contributed by atoms with Crippen LogP contribution >= 0.6 is 0 Å². The Morgan fingerprint density at radius 3 is 2.16 bits per heavy atom. The Hall–Kier alpha value is -0.610. The summed E-state index contributed by atoms with van der Waals surface area (Å²) in [5, 5.41) is 3.04. The van der Waals surface area contributed by atoms with E-state index in [9.17, 15) is 4.79 Å². The van der Waals surface area contributed by atoms with Crippen molar-refractivity contribution in [2.75, 3.05) is 13.2 Å². The fourth-order valence-corrected chi connectivity index (χ4v) is 2.81. The summed E-state index contributed by atoms with van der Waals surface area (Å²) < 4.78 is 0. The van der Waals surface area contributed by atoms with Gasteiger partial charge in [0.2, 0.25) is 5.91 Å². The van der Waals surface area contributed by atoms with Gasteiger partial charge in [-0.2, -0.15) is 0 Å². The van der Waals surface area contributed by atoms with Crippen LogP contribution in [0, 0.1) is 22.7 Å². The molecule has 0 fully saturated rings. The summed E-state index contributed by atoms with van der Waals surface area (Å²) in [5.74, 6) is 6.08. The summed E-state index contributed by atoms with van der Waals surface area (Å²) in [5.41, 5.74) is -0.511. The van der Waals surface area contributed by atoms with Crippen molar-refractivity contribution >= 4 is 5.91 Å². The van der Waals surface area contributed by atoms with Gasteiger partial charge in [0.05, 0.1) is 6.61 Å². The van der Waals surface area contributed by atoms with E-state index in [0.717, 1.165) is 6.42 Å². The Kier molecular flexibility index (Phi) is 7.01. The van der Waals surface area contributed by atoms with Gasteiger partial charge in [-0.3, -0.25) is 4.79 Å². The molecule has 114 valence electrons. The minimum absolute atomic E-state index is 0.109. The van der Waals surface area contributed by atoms with Gasteiger partial charge in [-0.15, -0.1) is 0 Å². The van der Waals surface area contributed by atoms with E-state index in [2.05, 4.69) is 30.9 Å². The highest BCUT2D eigenvalue weighted by Crippen LogP contribution is 2.35. The minimum Gasteiger partial charge on any atom is -0.355 e. The maximum absolute atomic E-state index is 12.4. The summed E-state index contributed by atoms with van der Waals surface area (Å²) in [6, 6.07) is 0. The van der Waals surface area contributed by atoms with Gasteiger partial charge in [-0.25, -0.2) is 5.90 Å². The normalized spacial score (nSPS) is 14.6. The predicted octanol–water partition coefficient (Wildman–Crippen LogP) is 2.73. The Bertz CT molecular complexity index is 286. The number of amides is 1. The quantitative estimate of drug-likeness (QED) is 0.668. The van der Waals surface area contributed by atoms with Crippen molar-refractivity contribution in [2.24, 2.45) is 28.6 Å². The number of carbonyl (C=O) groups is 1. The smallest absolute Gasteiger partial charge is 0.225 e. The van der Waals surface area contributed by atoms with Gasteiger partial charge >= 0.3 is 0 Å². The third kappa shape index (κ3) is 5.49. The molecule has 0 rings (SSSR count). The predicted molar refractivity (Wildman–Crippen MR) is 79.3 cm³/mol. The van der Waals surface area contributed by atoms with Crippen LogP contribution in [-0.4, -0.2) is 19.1 Å². The standard InChI is InChI=1S/C15H32N2O2/c1-8-12(11(2)3)15(6,7)13(18)17-9-14(4,5)10-19-16/h11-12H,8-10,16H2,1-7H3,(H,17,18). The minimum atomic E-state index is -0.359. The molecule has 0 aromatic rings. The van der Waals surface area contributed by atoms with Crippen LogP contribution in [-0.2, 0) is 9.63 Å². The van der Waals surface area contributed by atoms with Gasteiger partial charge in [-0.05, 0) is 11.8 Å². The lowest BCUT2D eigenvalue weighted by Gasteiger charge is -2.36. The van der Waals surface area contributed by atoms with Crippen LogP contribution in [0.15, 0.2) is 0 Å². The van der Waals surface area contributed by atoms with Gasteiger partial charge in [-0.1, -0.05) is 54.9 Å². The van der Waals surface area contributed by atoms with E-state index in [4.69, 9.17) is 5.90 Å². The van der Waals surface area contributed by atoms with Gasteiger partial charge < -0.3 is 10.2 Å². The van der Waals surface area contributed by atoms with E-state index in [1.807, 2.05) is 27.7 Å². The average Bonchev–Trinajstić information content (AvgIpc) is 2.25. The Labute approximate surface area is 118 Å². The highest BCUT2D eigenvalue weighted by molar-refractivity contribution is 5.82. The zero-order valence-corrected chi connectivity index (χ0v) is 13.7. The van der Waals surface area contributed by atoms with Crippen molar-refractivity contribution in [3.05, 3.63) is 0 Å². The highest BCUT2D eigenvalue weighted by Gasteiger charge is 2.37. The lowest BCUT2D eigenvalue weighted by atomic mass is 9.71. The fraction of sp³-hybridized carbons (Fsp3) is 0.933. The molecule has 0 radical (unpaired) electrons. The second-order valence-corrected chi connectivity index (χ2v) is 7.14. The number of rotatable bonds is 8. The molecule has 0 spiro atoms. The van der Waals surface area contributed by atoms with Gasteiger partial charge in [0.25, 0.3) is 0 Å². The molecule has 0 aliphatic heterocycles. The molecule has 0 bridgehead atoms. The summed E-state index contributed by atoms with van der Waals surface area (Å²) in [6.07, 6.45) is 1.01. The monoisotopic (exact) mass is 272 g/mol. The maximum Gasteiger partial charge on any atom is 0.225 e. The first-order valence-corrected chi connectivity index (χ1v) is 7.18. The molecule has 4 heteroatoms. The number of hydrogen-bond donors (Lipinski definition) is 2. The number of nitrogens with one attached hydrogen (secondary N) is 1. The fourth-order valence-electron chi connectivity index (χ4n) is 2.81. The molecular weight excluding hydrogens is 240 g/mol. The van der Waals surface area contributed by atoms with Crippen LogP contribution in [0.4, 0.5) is 0 Å². The van der Waals surface area contributed by atoms with Crippen LogP contribution in [0.1, 0.15) is 54.9 Å². The molecule has 19 heavy (non-hydrogen) atoms. The average molecular weight is 272 g/mol. The number of hydrogen-bond acceptors (Lipinski definition) is 3. The molecule has 0 saturated heterocycles. The third-order valence-electron chi connectivity index (χ3n) is 3.96. The second kappa shape index (κ2) is 7.25. The summed E-state index contributed by atoms with van der Waals surface area (Å²) >= 11 is 0. The SMILES string of the molecule is CCC(C(C)C)C(C)(C)C(=O)NCC(C)(C)CON. The van der Waals surface area contributed by atoms with Crippen LogP contribution in [0.3, 0.4) is 0 Å². The van der Waals surface area contributed by atoms with Gasteiger partial charge in [0.15, 0.2) is 0 Å². The molecule has 1 unspecified atom stereocenters. The van der Waals surface area contributed by atoms with Crippen LogP contribution in [0.5, 0.6) is 0 Å². The van der Waals surface area contributed by atoms with E-state index in [-0.39, 0.29) is 16.7 Å². The van der Waals surface area contributed by atoms with Crippen molar-refractivity contribution in [3.63, 3.8) is 0 Å².